The predicted octanol–water partition coefficient (Wildman–Crippen LogP) is 4.13. The molecular formula is C21H15Cl2F4N3O6. The largest absolute Gasteiger partial charge is 0.463 e. The van der Waals surface area contributed by atoms with Crippen LogP contribution in [0, 0.1) is 5.82 Å². The average Bonchev–Trinajstić information content (AvgIpc) is 2.78. The van der Waals surface area contributed by atoms with Crippen LogP contribution in [0.2, 0.25) is 10.0 Å². The van der Waals surface area contributed by atoms with Crippen LogP contribution in [0.15, 0.2) is 40.1 Å². The number of rotatable bonds is 7. The number of pyridine rings is 1. The Balaban J connectivity index is 2.09. The number of hydrogen-bond donors (Lipinski definition) is 0. The van der Waals surface area contributed by atoms with Gasteiger partial charge in [-0.05, 0) is 19.1 Å². The number of esters is 1. The molecule has 2 heterocycles. The number of nitrogens with zero attached hydrogens (tertiary/aromatic N) is 3. The molecule has 0 aliphatic heterocycles. The number of benzene rings is 1. The van der Waals surface area contributed by atoms with Gasteiger partial charge in [-0.15, -0.1) is 0 Å². The fraction of sp³-hybridized carbons (Fsp3) is 0.238. The zero-order valence-electron chi connectivity index (χ0n) is 18.4. The highest BCUT2D eigenvalue weighted by atomic mass is 35.5. The second-order valence-corrected chi connectivity index (χ2v) is 7.71. The minimum absolute atomic E-state index is 0.0755. The Morgan fingerprint density at radius 1 is 1.14 bits per heavy atom. The van der Waals surface area contributed by atoms with E-state index in [2.05, 4.69) is 4.98 Å². The number of halogens is 6. The lowest BCUT2D eigenvalue weighted by Gasteiger charge is -2.16. The third-order valence-corrected chi connectivity index (χ3v) is 5.11. The number of aromatic nitrogens is 3. The number of carbonyl (C=O) groups is 1. The molecule has 0 saturated heterocycles. The van der Waals surface area contributed by atoms with Gasteiger partial charge in [0.25, 0.3) is 11.4 Å². The summed E-state index contributed by atoms with van der Waals surface area (Å²) in [5.41, 5.74) is -5.19. The molecule has 0 atom stereocenters. The Kier molecular flexibility index (Phi) is 7.94. The lowest BCUT2D eigenvalue weighted by molar-refractivity contribution is -0.145. The third-order valence-electron chi connectivity index (χ3n) is 4.52. The van der Waals surface area contributed by atoms with Crippen LogP contribution >= 0.6 is 23.2 Å². The molecule has 0 radical (unpaired) electrons. The molecule has 15 heteroatoms. The Morgan fingerprint density at radius 2 is 1.83 bits per heavy atom. The Morgan fingerprint density at radius 3 is 2.47 bits per heavy atom. The second-order valence-electron chi connectivity index (χ2n) is 6.90. The molecule has 0 bridgehead atoms. The molecule has 1 aromatic carbocycles. The smallest absolute Gasteiger partial charge is 0.431 e. The predicted molar refractivity (Wildman–Crippen MR) is 119 cm³/mol. The van der Waals surface area contributed by atoms with Crippen molar-refractivity contribution >= 4 is 29.2 Å². The van der Waals surface area contributed by atoms with Gasteiger partial charge in [0.15, 0.2) is 6.61 Å². The van der Waals surface area contributed by atoms with Crippen LogP contribution in [0.1, 0.15) is 12.6 Å². The molecular weight excluding hydrogens is 537 g/mol. The van der Waals surface area contributed by atoms with Crippen molar-refractivity contribution in [2.24, 2.45) is 7.05 Å². The molecule has 0 fully saturated rings. The number of hydrogen-bond acceptors (Lipinski definition) is 7. The van der Waals surface area contributed by atoms with Gasteiger partial charge >= 0.3 is 17.8 Å². The van der Waals surface area contributed by atoms with Crippen LogP contribution in [0.25, 0.3) is 5.69 Å². The van der Waals surface area contributed by atoms with E-state index in [9.17, 15) is 31.9 Å². The third kappa shape index (κ3) is 5.62. The van der Waals surface area contributed by atoms with E-state index in [1.807, 2.05) is 0 Å². The minimum Gasteiger partial charge on any atom is -0.463 e. The SMILES string of the molecule is CCOC(=O)COc1nccc(Cl)c1Oc1cc(-n2c(=O)cc(C(F)(F)F)n(C)c2=O)c(F)cc1Cl. The van der Waals surface area contributed by atoms with Gasteiger partial charge in [-0.25, -0.2) is 23.5 Å². The lowest BCUT2D eigenvalue weighted by Crippen LogP contribution is -2.41. The highest BCUT2D eigenvalue weighted by molar-refractivity contribution is 6.33. The highest BCUT2D eigenvalue weighted by Crippen LogP contribution is 2.40. The van der Waals surface area contributed by atoms with Crippen molar-refractivity contribution in [3.8, 4) is 23.1 Å². The fourth-order valence-electron chi connectivity index (χ4n) is 2.93. The molecule has 3 rings (SSSR count). The number of carbonyl (C=O) groups excluding carboxylic acids is 1. The van der Waals surface area contributed by atoms with Gasteiger partial charge in [-0.2, -0.15) is 13.2 Å². The molecule has 36 heavy (non-hydrogen) atoms. The van der Waals surface area contributed by atoms with E-state index in [4.69, 9.17) is 37.4 Å². The van der Waals surface area contributed by atoms with Crippen molar-refractivity contribution in [1.82, 2.24) is 14.1 Å². The first-order valence-corrected chi connectivity index (χ1v) is 10.6. The topological polar surface area (TPSA) is 102 Å². The summed E-state index contributed by atoms with van der Waals surface area (Å²) >= 11 is 12.2. The van der Waals surface area contributed by atoms with Gasteiger partial charge < -0.3 is 14.2 Å². The molecule has 0 unspecified atom stereocenters. The maximum Gasteiger partial charge on any atom is 0.431 e. The van der Waals surface area contributed by atoms with Crippen molar-refractivity contribution in [1.29, 1.82) is 0 Å². The maximum atomic E-state index is 14.7. The normalized spacial score (nSPS) is 11.3. The molecule has 0 amide bonds. The van der Waals surface area contributed by atoms with Crippen molar-refractivity contribution in [3.63, 3.8) is 0 Å². The van der Waals surface area contributed by atoms with E-state index in [1.54, 1.807) is 6.92 Å². The minimum atomic E-state index is -5.00. The van der Waals surface area contributed by atoms with Crippen LogP contribution in [-0.2, 0) is 22.8 Å². The molecule has 0 saturated carbocycles. The summed E-state index contributed by atoms with van der Waals surface area (Å²) in [5.74, 6) is -2.83. The standard InChI is InChI=1S/C21H15Cl2F4N3O6/c1-3-34-17(32)9-35-19-18(10(22)4-5-28-19)36-14-7-13(12(24)6-11(14)23)30-16(31)8-15(21(25,26)27)29(2)20(30)33/h4-8H,3,9H2,1-2H3. The van der Waals surface area contributed by atoms with Gasteiger partial charge in [0.05, 0.1) is 22.3 Å². The fourth-order valence-corrected chi connectivity index (χ4v) is 3.29. The van der Waals surface area contributed by atoms with E-state index >= 15 is 0 Å². The molecule has 3 aromatic rings. The summed E-state index contributed by atoms with van der Waals surface area (Å²) < 4.78 is 70.1. The zero-order valence-corrected chi connectivity index (χ0v) is 19.9. The Hall–Kier alpha value is -3.58. The number of alkyl halides is 3. The van der Waals surface area contributed by atoms with E-state index in [1.165, 1.54) is 12.3 Å². The average molecular weight is 552 g/mol. The zero-order chi connectivity index (χ0) is 26.8. The summed E-state index contributed by atoms with van der Waals surface area (Å²) in [4.78, 5) is 40.4. The van der Waals surface area contributed by atoms with Gasteiger partial charge in [0.2, 0.25) is 5.75 Å². The summed E-state index contributed by atoms with van der Waals surface area (Å²) in [7, 11) is 0.773. The molecule has 0 aliphatic carbocycles. The van der Waals surface area contributed by atoms with Crippen molar-refractivity contribution in [2.45, 2.75) is 13.1 Å². The van der Waals surface area contributed by atoms with Crippen molar-refractivity contribution in [2.75, 3.05) is 13.2 Å². The van der Waals surface area contributed by atoms with Crippen molar-refractivity contribution < 1.29 is 36.6 Å². The summed E-state index contributed by atoms with van der Waals surface area (Å²) in [5, 5.41) is -0.433. The van der Waals surface area contributed by atoms with Crippen LogP contribution < -0.4 is 20.7 Å². The van der Waals surface area contributed by atoms with Gasteiger partial charge in [0, 0.05) is 25.4 Å². The summed E-state index contributed by atoms with van der Waals surface area (Å²) in [6.45, 7) is 1.13. The first kappa shape index (κ1) is 27.0. The Labute approximate surface area is 209 Å². The molecule has 192 valence electrons. The van der Waals surface area contributed by atoms with E-state index in [0.29, 0.717) is 6.07 Å². The highest BCUT2D eigenvalue weighted by Gasteiger charge is 2.35. The van der Waals surface area contributed by atoms with Crippen molar-refractivity contribution in [3.05, 3.63) is 72.9 Å². The summed E-state index contributed by atoms with van der Waals surface area (Å²) in [6, 6.07) is 2.93. The van der Waals surface area contributed by atoms with E-state index < -0.39 is 47.2 Å². The molecule has 0 spiro atoms. The summed E-state index contributed by atoms with van der Waals surface area (Å²) in [6.07, 6.45) is -3.77. The van der Waals surface area contributed by atoms with E-state index in [0.717, 1.165) is 13.1 Å². The molecule has 0 aliphatic rings. The molecule has 0 N–H and O–H groups in total. The first-order valence-electron chi connectivity index (χ1n) is 9.85. The van der Waals surface area contributed by atoms with Gasteiger partial charge in [-0.1, -0.05) is 23.2 Å². The van der Waals surface area contributed by atoms with Gasteiger partial charge in [0.1, 0.15) is 17.3 Å². The van der Waals surface area contributed by atoms with Crippen LogP contribution in [-0.4, -0.2) is 33.3 Å². The number of ether oxygens (including phenoxy) is 3. The first-order chi connectivity index (χ1) is 16.8. The van der Waals surface area contributed by atoms with Gasteiger partial charge in [-0.3, -0.25) is 9.36 Å². The van der Waals surface area contributed by atoms with Crippen LogP contribution in [0.4, 0.5) is 17.6 Å². The molecule has 2 aromatic heterocycles. The maximum absolute atomic E-state index is 14.7. The second kappa shape index (κ2) is 10.6. The Bertz CT molecular complexity index is 1440. The van der Waals surface area contributed by atoms with Crippen LogP contribution in [0.5, 0.6) is 17.4 Å². The molecule has 9 nitrogen and oxygen atoms in total. The van der Waals surface area contributed by atoms with Crippen LogP contribution in [0.3, 0.4) is 0 Å². The van der Waals surface area contributed by atoms with E-state index in [-0.39, 0.29) is 49.2 Å². The monoisotopic (exact) mass is 551 g/mol. The quantitative estimate of drug-likeness (QED) is 0.321. The lowest BCUT2D eigenvalue weighted by atomic mass is 10.2.